The van der Waals surface area contributed by atoms with Crippen molar-refractivity contribution in [2.75, 3.05) is 0 Å². The summed E-state index contributed by atoms with van der Waals surface area (Å²) in [5, 5.41) is 17.7. The van der Waals surface area contributed by atoms with Gasteiger partial charge in [-0.2, -0.15) is 4.68 Å². The lowest BCUT2D eigenvalue weighted by molar-refractivity contribution is 0.475. The Kier molecular flexibility index (Phi) is 3.34. The molecule has 0 saturated heterocycles. The largest absolute Gasteiger partial charge is 0.508 e. The zero-order valence-corrected chi connectivity index (χ0v) is 12.0. The van der Waals surface area contributed by atoms with Crippen LogP contribution in [0.3, 0.4) is 0 Å². The van der Waals surface area contributed by atoms with Gasteiger partial charge < -0.3 is 9.52 Å². The van der Waals surface area contributed by atoms with Crippen LogP contribution >= 0.6 is 0 Å². The number of rotatable bonds is 3. The van der Waals surface area contributed by atoms with Gasteiger partial charge >= 0.3 is 5.76 Å². The van der Waals surface area contributed by atoms with E-state index in [2.05, 4.69) is 15.2 Å². The molecular weight excluding hydrogens is 286 g/mol. The molecule has 0 atom stereocenters. The van der Waals surface area contributed by atoms with Crippen LogP contribution in [0.15, 0.2) is 33.7 Å². The molecule has 3 rings (SSSR count). The Morgan fingerprint density at radius 2 is 2.09 bits per heavy atom. The summed E-state index contributed by atoms with van der Waals surface area (Å²) in [5.74, 6) is 0.287. The molecule has 0 radical (unpaired) electrons. The van der Waals surface area contributed by atoms with E-state index in [4.69, 9.17) is 4.42 Å². The lowest BCUT2D eigenvalue weighted by Gasteiger charge is -1.99. The van der Waals surface area contributed by atoms with Crippen molar-refractivity contribution in [1.29, 1.82) is 0 Å². The summed E-state index contributed by atoms with van der Waals surface area (Å²) in [6.45, 7) is 1.88. The monoisotopic (exact) mass is 299 g/mol. The van der Waals surface area contributed by atoms with Gasteiger partial charge in [0.25, 0.3) is 0 Å². The highest BCUT2D eigenvalue weighted by molar-refractivity contribution is 5.59. The van der Waals surface area contributed by atoms with Crippen molar-refractivity contribution in [3.8, 4) is 17.1 Å². The molecule has 112 valence electrons. The summed E-state index contributed by atoms with van der Waals surface area (Å²) in [6, 6.07) is 5.12. The van der Waals surface area contributed by atoms with E-state index >= 15 is 0 Å². The molecule has 2 heterocycles. The van der Waals surface area contributed by atoms with Crippen LogP contribution in [0.4, 0.5) is 0 Å². The predicted molar refractivity (Wildman–Crippen MR) is 78.8 cm³/mol. The first kappa shape index (κ1) is 13.8. The van der Waals surface area contributed by atoms with Gasteiger partial charge in [0.2, 0.25) is 5.89 Å². The fourth-order valence-corrected chi connectivity index (χ4v) is 1.94. The highest BCUT2D eigenvalue weighted by atomic mass is 16.4. The second kappa shape index (κ2) is 5.32. The van der Waals surface area contributed by atoms with Crippen molar-refractivity contribution in [3.63, 3.8) is 0 Å². The molecular formula is C14H13N5O3. The van der Waals surface area contributed by atoms with Gasteiger partial charge in [0, 0.05) is 24.9 Å². The molecule has 22 heavy (non-hydrogen) atoms. The number of phenols is 1. The summed E-state index contributed by atoms with van der Waals surface area (Å²) >= 11 is 0. The maximum atomic E-state index is 11.1. The molecule has 1 N–H and O–H groups in total. The standard InChI is InChI=1S/C14H13N5O3/c1-9-5-10(7-11(20)6-9)13-15-8-19(17-13)4-3-12-16-18(2)14(21)22-12/h3-8,20H,1-2H3/b4-3-. The first-order chi connectivity index (χ1) is 10.5. The third kappa shape index (κ3) is 2.80. The molecule has 0 aliphatic rings. The Labute approximate surface area is 125 Å². The SMILES string of the molecule is Cc1cc(O)cc(-c2ncn(/C=C\c3nn(C)c(=O)o3)n2)c1. The third-order valence-corrected chi connectivity index (χ3v) is 2.90. The molecule has 0 aliphatic heterocycles. The van der Waals surface area contributed by atoms with E-state index in [0.29, 0.717) is 11.4 Å². The summed E-state index contributed by atoms with van der Waals surface area (Å²) in [6.07, 6.45) is 4.58. The molecule has 8 heteroatoms. The van der Waals surface area contributed by atoms with Crippen LogP contribution in [0.25, 0.3) is 23.7 Å². The lowest BCUT2D eigenvalue weighted by Crippen LogP contribution is -2.09. The lowest BCUT2D eigenvalue weighted by atomic mass is 10.1. The highest BCUT2D eigenvalue weighted by Gasteiger charge is 2.06. The van der Waals surface area contributed by atoms with E-state index in [0.717, 1.165) is 10.2 Å². The Bertz CT molecular complexity index is 883. The molecule has 0 fully saturated rings. The van der Waals surface area contributed by atoms with Crippen molar-refractivity contribution < 1.29 is 9.52 Å². The maximum Gasteiger partial charge on any atom is 0.437 e. The van der Waals surface area contributed by atoms with Crippen molar-refractivity contribution in [2.24, 2.45) is 7.05 Å². The minimum absolute atomic E-state index is 0.164. The van der Waals surface area contributed by atoms with Gasteiger partial charge in [-0.1, -0.05) is 0 Å². The van der Waals surface area contributed by atoms with Crippen LogP contribution in [0.2, 0.25) is 0 Å². The number of phenolic OH excluding ortho intramolecular Hbond substituents is 1. The molecule has 8 nitrogen and oxygen atoms in total. The van der Waals surface area contributed by atoms with Crippen molar-refractivity contribution >= 4 is 12.3 Å². The summed E-state index contributed by atoms with van der Waals surface area (Å²) in [4.78, 5) is 15.3. The first-order valence-electron chi connectivity index (χ1n) is 6.46. The zero-order chi connectivity index (χ0) is 15.7. The average molecular weight is 299 g/mol. The second-order valence-corrected chi connectivity index (χ2v) is 4.75. The van der Waals surface area contributed by atoms with Crippen LogP contribution in [0.5, 0.6) is 5.75 Å². The first-order valence-corrected chi connectivity index (χ1v) is 6.46. The normalized spacial score (nSPS) is 11.4. The Balaban J connectivity index is 1.85. The number of hydrogen-bond donors (Lipinski definition) is 1. The van der Waals surface area contributed by atoms with Gasteiger partial charge in [-0.05, 0) is 30.7 Å². The van der Waals surface area contributed by atoms with E-state index in [-0.39, 0.29) is 11.6 Å². The van der Waals surface area contributed by atoms with E-state index in [1.165, 1.54) is 24.1 Å². The summed E-state index contributed by atoms with van der Waals surface area (Å²) in [7, 11) is 1.50. The summed E-state index contributed by atoms with van der Waals surface area (Å²) in [5.41, 5.74) is 1.63. The smallest absolute Gasteiger partial charge is 0.437 e. The minimum Gasteiger partial charge on any atom is -0.508 e. The molecule has 0 spiro atoms. The Hall–Kier alpha value is -3.16. The molecule has 2 aromatic heterocycles. The van der Waals surface area contributed by atoms with E-state index < -0.39 is 5.76 Å². The van der Waals surface area contributed by atoms with Crippen LogP contribution in [0.1, 0.15) is 11.5 Å². The fraction of sp³-hybridized carbons (Fsp3) is 0.143. The number of aromatic nitrogens is 5. The molecule has 0 unspecified atom stereocenters. The van der Waals surface area contributed by atoms with Gasteiger partial charge in [0.05, 0.1) is 0 Å². The average Bonchev–Trinajstić information content (AvgIpc) is 3.03. The van der Waals surface area contributed by atoms with Gasteiger partial charge in [0.15, 0.2) is 5.82 Å². The zero-order valence-electron chi connectivity index (χ0n) is 12.0. The highest BCUT2D eigenvalue weighted by Crippen LogP contribution is 2.22. The van der Waals surface area contributed by atoms with Crippen LogP contribution in [-0.4, -0.2) is 29.7 Å². The van der Waals surface area contributed by atoms with Crippen LogP contribution < -0.4 is 5.76 Å². The predicted octanol–water partition coefficient (Wildman–Crippen LogP) is 1.27. The number of nitrogens with zero attached hydrogens (tertiary/aromatic N) is 5. The minimum atomic E-state index is -0.533. The number of aromatic hydroxyl groups is 1. The quantitative estimate of drug-likeness (QED) is 0.782. The Morgan fingerprint density at radius 3 is 2.77 bits per heavy atom. The second-order valence-electron chi connectivity index (χ2n) is 4.75. The van der Waals surface area contributed by atoms with E-state index in [1.807, 2.05) is 13.0 Å². The van der Waals surface area contributed by atoms with Crippen LogP contribution in [0, 0.1) is 6.92 Å². The van der Waals surface area contributed by atoms with Crippen molar-refractivity contribution in [3.05, 3.63) is 46.5 Å². The summed E-state index contributed by atoms with van der Waals surface area (Å²) < 4.78 is 7.43. The van der Waals surface area contributed by atoms with Crippen LogP contribution in [-0.2, 0) is 7.05 Å². The van der Waals surface area contributed by atoms with Gasteiger partial charge in [-0.25, -0.2) is 14.5 Å². The van der Waals surface area contributed by atoms with E-state index in [1.54, 1.807) is 18.3 Å². The number of aryl methyl sites for hydroxylation is 2. The molecule has 0 amide bonds. The fourth-order valence-electron chi connectivity index (χ4n) is 1.94. The number of benzene rings is 1. The molecule has 0 bridgehead atoms. The molecule has 1 aromatic carbocycles. The molecule has 0 saturated carbocycles. The number of hydrogen-bond acceptors (Lipinski definition) is 6. The van der Waals surface area contributed by atoms with Gasteiger partial charge in [0.1, 0.15) is 12.1 Å². The molecule has 0 aliphatic carbocycles. The van der Waals surface area contributed by atoms with Gasteiger partial charge in [-0.15, -0.1) is 10.2 Å². The van der Waals surface area contributed by atoms with Crippen molar-refractivity contribution in [2.45, 2.75) is 6.92 Å². The topological polar surface area (TPSA) is 99.0 Å². The van der Waals surface area contributed by atoms with Gasteiger partial charge in [-0.3, -0.25) is 0 Å². The van der Waals surface area contributed by atoms with Crippen molar-refractivity contribution in [1.82, 2.24) is 24.5 Å². The third-order valence-electron chi connectivity index (χ3n) is 2.90. The molecule has 3 aromatic rings. The maximum absolute atomic E-state index is 11.1. The Morgan fingerprint density at radius 1 is 1.27 bits per heavy atom. The van der Waals surface area contributed by atoms with E-state index in [9.17, 15) is 9.90 Å².